The molecule has 39 heavy (non-hydrogen) atoms. The molecule has 0 radical (unpaired) electrons. The molecule has 196 valence electrons. The molecule has 1 aliphatic rings. The number of rotatable bonds is 7. The van der Waals surface area contributed by atoms with Gasteiger partial charge in [0.05, 0.1) is 5.69 Å². The number of para-hydroxylation sites is 1. The third-order valence-corrected chi connectivity index (χ3v) is 7.72. The molecule has 0 saturated heterocycles. The fourth-order valence-electron chi connectivity index (χ4n) is 4.51. The van der Waals surface area contributed by atoms with Crippen LogP contribution in [0.3, 0.4) is 0 Å². The minimum absolute atomic E-state index is 0.198. The van der Waals surface area contributed by atoms with E-state index in [0.717, 1.165) is 21.2 Å². The smallest absolute Gasteiger partial charge is 0.423 e. The van der Waals surface area contributed by atoms with Crippen LogP contribution in [0.1, 0.15) is 15.9 Å². The minimum atomic E-state index is -1.64. The molecule has 0 spiro atoms. The van der Waals surface area contributed by atoms with Crippen LogP contribution in [-0.4, -0.2) is 53.2 Å². The Hall–Kier alpha value is -4.12. The topological polar surface area (TPSA) is 119 Å². The highest BCUT2D eigenvalue weighted by atomic mass is 32.2. The highest BCUT2D eigenvalue weighted by molar-refractivity contribution is 7.99. The van der Waals surface area contributed by atoms with Crippen molar-refractivity contribution in [2.75, 3.05) is 17.2 Å². The summed E-state index contributed by atoms with van der Waals surface area (Å²) in [6.45, 7) is 0.119. The van der Waals surface area contributed by atoms with Crippen molar-refractivity contribution >= 4 is 58.5 Å². The normalized spacial score (nSPS) is 14.9. The molecule has 4 N–H and O–H groups in total. The number of hydrogen-bond donors (Lipinski definition) is 4. The van der Waals surface area contributed by atoms with Crippen LogP contribution in [0.2, 0.25) is 0 Å². The summed E-state index contributed by atoms with van der Waals surface area (Å²) < 4.78 is 0. The molecule has 4 aromatic carbocycles. The zero-order chi connectivity index (χ0) is 27.4. The molecular weight excluding hydrogens is 513 g/mol. The number of amides is 3. The molecule has 0 aliphatic carbocycles. The van der Waals surface area contributed by atoms with Crippen molar-refractivity contribution in [1.29, 1.82) is 0 Å². The lowest BCUT2D eigenvalue weighted by Crippen LogP contribution is -2.51. The fraction of sp³-hybridized carbons (Fsp3) is 0.138. The largest absolute Gasteiger partial charge is 0.488 e. The maximum Gasteiger partial charge on any atom is 0.488 e. The molecule has 0 bridgehead atoms. The zero-order valence-corrected chi connectivity index (χ0v) is 21.7. The third-order valence-electron chi connectivity index (χ3n) is 6.56. The first-order valence-corrected chi connectivity index (χ1v) is 13.4. The van der Waals surface area contributed by atoms with Gasteiger partial charge in [0.2, 0.25) is 5.91 Å². The number of anilines is 1. The molecule has 0 aromatic heterocycles. The van der Waals surface area contributed by atoms with E-state index in [-0.39, 0.29) is 29.4 Å². The lowest BCUT2D eigenvalue weighted by molar-refractivity contribution is -0.124. The first-order chi connectivity index (χ1) is 18.9. The Labute approximate surface area is 230 Å². The fourth-order valence-corrected chi connectivity index (χ4v) is 5.58. The van der Waals surface area contributed by atoms with Gasteiger partial charge in [-0.25, -0.2) is 0 Å². The van der Waals surface area contributed by atoms with Gasteiger partial charge in [0, 0.05) is 22.8 Å². The third kappa shape index (κ3) is 5.98. The van der Waals surface area contributed by atoms with Crippen LogP contribution < -0.4 is 21.0 Å². The molecule has 8 nitrogen and oxygen atoms in total. The lowest BCUT2D eigenvalue weighted by atomic mass is 9.80. The van der Waals surface area contributed by atoms with Crippen LogP contribution in [-0.2, 0) is 16.1 Å². The predicted octanol–water partition coefficient (Wildman–Crippen LogP) is 2.07. The summed E-state index contributed by atoms with van der Waals surface area (Å²) in [6, 6.07) is 26.2. The summed E-state index contributed by atoms with van der Waals surface area (Å²) in [5.41, 5.74) is 2.12. The monoisotopic (exact) mass is 539 g/mol. The van der Waals surface area contributed by atoms with Crippen LogP contribution in [0.15, 0.2) is 95.9 Å². The van der Waals surface area contributed by atoms with E-state index in [2.05, 4.69) is 10.6 Å². The van der Waals surface area contributed by atoms with Crippen LogP contribution >= 0.6 is 11.8 Å². The maximum absolute atomic E-state index is 13.7. The Bertz CT molecular complexity index is 1520. The highest BCUT2D eigenvalue weighted by Gasteiger charge is 2.33. The molecule has 4 aromatic rings. The highest BCUT2D eigenvalue weighted by Crippen LogP contribution is 2.34. The predicted molar refractivity (Wildman–Crippen MR) is 153 cm³/mol. The first kappa shape index (κ1) is 26.5. The SMILES string of the molecule is O=C(CN1C(=O)C(NC(=O)c2ccc(B(O)O)cc2)CSc2ccccc21)NCc1cccc2ccccc12. The van der Waals surface area contributed by atoms with Gasteiger partial charge in [0.25, 0.3) is 11.8 Å². The van der Waals surface area contributed by atoms with Crippen molar-refractivity contribution in [3.8, 4) is 0 Å². The number of benzene rings is 4. The zero-order valence-electron chi connectivity index (χ0n) is 20.9. The number of fused-ring (bicyclic) bond motifs is 2. The van der Waals surface area contributed by atoms with Gasteiger partial charge in [-0.1, -0.05) is 66.7 Å². The Morgan fingerprint density at radius 3 is 2.44 bits per heavy atom. The molecule has 0 fully saturated rings. The molecule has 3 amide bonds. The Morgan fingerprint density at radius 2 is 1.64 bits per heavy atom. The van der Waals surface area contributed by atoms with Crippen LogP contribution in [0.5, 0.6) is 0 Å². The van der Waals surface area contributed by atoms with Gasteiger partial charge in [-0.05, 0) is 46.1 Å². The van der Waals surface area contributed by atoms with Gasteiger partial charge < -0.3 is 25.6 Å². The second-order valence-corrected chi connectivity index (χ2v) is 10.2. The van der Waals surface area contributed by atoms with E-state index < -0.39 is 19.1 Å². The van der Waals surface area contributed by atoms with Gasteiger partial charge in [0.1, 0.15) is 12.6 Å². The summed E-state index contributed by atoms with van der Waals surface area (Å²) in [5.74, 6) is -0.882. The van der Waals surface area contributed by atoms with E-state index in [1.54, 1.807) is 6.07 Å². The lowest BCUT2D eigenvalue weighted by Gasteiger charge is -2.25. The van der Waals surface area contributed by atoms with Gasteiger partial charge in [-0.3, -0.25) is 14.4 Å². The second kappa shape index (κ2) is 11.7. The number of hydrogen-bond acceptors (Lipinski definition) is 6. The Balaban J connectivity index is 1.31. The molecule has 10 heteroatoms. The van der Waals surface area contributed by atoms with E-state index >= 15 is 0 Å². The molecule has 1 unspecified atom stereocenters. The van der Waals surface area contributed by atoms with Gasteiger partial charge >= 0.3 is 7.12 Å². The van der Waals surface area contributed by atoms with Crippen molar-refractivity contribution in [2.24, 2.45) is 0 Å². The van der Waals surface area contributed by atoms with Crippen molar-refractivity contribution in [3.05, 3.63) is 102 Å². The van der Waals surface area contributed by atoms with Gasteiger partial charge in [-0.15, -0.1) is 11.8 Å². The van der Waals surface area contributed by atoms with Crippen LogP contribution in [0.25, 0.3) is 10.8 Å². The molecule has 1 atom stereocenters. The quantitative estimate of drug-likeness (QED) is 0.267. The summed E-state index contributed by atoms with van der Waals surface area (Å²) in [7, 11) is -1.64. The number of nitrogens with zero attached hydrogens (tertiary/aromatic N) is 1. The number of carbonyl (C=O) groups is 3. The van der Waals surface area contributed by atoms with Crippen molar-refractivity contribution in [2.45, 2.75) is 17.5 Å². The van der Waals surface area contributed by atoms with Crippen LogP contribution in [0, 0.1) is 0 Å². The average Bonchev–Trinajstić information content (AvgIpc) is 3.08. The van der Waals surface area contributed by atoms with Crippen molar-refractivity contribution < 1.29 is 24.4 Å². The van der Waals surface area contributed by atoms with E-state index in [4.69, 9.17) is 0 Å². The molecule has 0 saturated carbocycles. The van der Waals surface area contributed by atoms with E-state index in [0.29, 0.717) is 18.0 Å². The summed E-state index contributed by atoms with van der Waals surface area (Å²) >= 11 is 1.43. The van der Waals surface area contributed by atoms with Crippen LogP contribution in [0.4, 0.5) is 5.69 Å². The van der Waals surface area contributed by atoms with Crippen molar-refractivity contribution in [3.63, 3.8) is 0 Å². The number of thioether (sulfide) groups is 1. The average molecular weight is 539 g/mol. The van der Waals surface area contributed by atoms with E-state index in [1.165, 1.54) is 40.9 Å². The standard InChI is InChI=1S/C29H26BN3O5S/c34-27(31-16-21-8-5-7-19-6-1-2-9-23(19)21)17-33-25-10-3-4-11-26(25)39-18-24(29(33)36)32-28(35)20-12-14-22(15-13-20)30(37)38/h1-15,24,37-38H,16-18H2,(H,31,34)(H,32,35). The van der Waals surface area contributed by atoms with E-state index in [9.17, 15) is 24.4 Å². The molecular formula is C29H26BN3O5S. The summed E-state index contributed by atoms with van der Waals surface area (Å²) in [5, 5.41) is 26.4. The second-order valence-electron chi connectivity index (χ2n) is 9.14. The minimum Gasteiger partial charge on any atom is -0.423 e. The summed E-state index contributed by atoms with van der Waals surface area (Å²) in [4.78, 5) is 41.9. The van der Waals surface area contributed by atoms with Crippen molar-refractivity contribution in [1.82, 2.24) is 10.6 Å². The Morgan fingerprint density at radius 1 is 0.923 bits per heavy atom. The van der Waals surface area contributed by atoms with E-state index in [1.807, 2.05) is 60.7 Å². The summed E-state index contributed by atoms with van der Waals surface area (Å²) in [6.07, 6.45) is 0. The molecule has 1 aliphatic heterocycles. The molecule has 1 heterocycles. The first-order valence-electron chi connectivity index (χ1n) is 12.4. The number of carbonyl (C=O) groups excluding carboxylic acids is 3. The van der Waals surface area contributed by atoms with Gasteiger partial charge in [-0.2, -0.15) is 0 Å². The maximum atomic E-state index is 13.7. The van der Waals surface area contributed by atoms with Gasteiger partial charge in [0.15, 0.2) is 0 Å². The Kier molecular flexibility index (Phi) is 7.97. The molecule has 5 rings (SSSR count). The number of nitrogens with one attached hydrogen (secondary N) is 2.